The van der Waals surface area contributed by atoms with Crippen LogP contribution in [-0.2, 0) is 5.41 Å². The maximum atomic E-state index is 9.57. The normalized spacial score (nSPS) is 34.5. The molecule has 0 radical (unpaired) electrons. The van der Waals surface area contributed by atoms with Crippen molar-refractivity contribution < 1.29 is 0 Å². The molecular weight excluding hydrogens is 332 g/mol. The predicted octanol–water partition coefficient (Wildman–Crippen LogP) is 5.74. The summed E-state index contributed by atoms with van der Waals surface area (Å²) in [7, 11) is 0. The molecule has 0 amide bonds. The van der Waals surface area contributed by atoms with E-state index in [1.54, 1.807) is 22.7 Å². The summed E-state index contributed by atoms with van der Waals surface area (Å²) in [4.78, 5) is 4.98. The smallest absolute Gasteiger partial charge is 0.134 e. The second-order valence-electron chi connectivity index (χ2n) is 7.96. The molecule has 0 unspecified atom stereocenters. The van der Waals surface area contributed by atoms with Gasteiger partial charge in [0.15, 0.2) is 0 Å². The average molecular weight is 353 g/mol. The lowest BCUT2D eigenvalue weighted by molar-refractivity contribution is -0.00694. The Morgan fingerprint density at radius 1 is 1.17 bits per heavy atom. The molecule has 4 fully saturated rings. The number of nitrogens with zero attached hydrogens (tertiary/aromatic N) is 2. The number of thiophene rings is 1. The van der Waals surface area contributed by atoms with Crippen molar-refractivity contribution in [2.45, 2.75) is 43.9 Å². The molecule has 2 heterocycles. The molecule has 0 atom stereocenters. The van der Waals surface area contributed by atoms with Crippen molar-refractivity contribution in [1.82, 2.24) is 4.98 Å². The molecule has 24 heavy (non-hydrogen) atoms. The maximum absolute atomic E-state index is 9.57. The highest BCUT2D eigenvalue weighted by Gasteiger charge is 2.52. The first-order chi connectivity index (χ1) is 11.7. The lowest BCUT2D eigenvalue weighted by atomic mass is 9.49. The van der Waals surface area contributed by atoms with Crippen LogP contribution in [0.4, 0.5) is 0 Å². The fourth-order valence-electron chi connectivity index (χ4n) is 5.73. The monoisotopic (exact) mass is 352 g/mol. The van der Waals surface area contributed by atoms with Crippen LogP contribution < -0.4 is 0 Å². The molecule has 0 aliphatic heterocycles. The largest absolute Gasteiger partial charge is 0.240 e. The second kappa shape index (κ2) is 5.54. The van der Waals surface area contributed by atoms with Crippen LogP contribution in [0.15, 0.2) is 22.2 Å². The van der Waals surface area contributed by atoms with Gasteiger partial charge in [0.1, 0.15) is 11.1 Å². The van der Waals surface area contributed by atoms with Gasteiger partial charge in [-0.15, -0.1) is 11.3 Å². The third kappa shape index (κ3) is 2.37. The van der Waals surface area contributed by atoms with Crippen LogP contribution in [0.25, 0.3) is 11.6 Å². The zero-order valence-electron chi connectivity index (χ0n) is 13.6. The molecule has 0 aromatic carbocycles. The van der Waals surface area contributed by atoms with Gasteiger partial charge in [0, 0.05) is 10.8 Å². The Kier molecular flexibility index (Phi) is 3.43. The Labute approximate surface area is 150 Å². The van der Waals surface area contributed by atoms with Crippen molar-refractivity contribution in [1.29, 1.82) is 5.26 Å². The quantitative estimate of drug-likeness (QED) is 0.661. The molecule has 4 aliphatic rings. The molecule has 4 saturated carbocycles. The lowest BCUT2D eigenvalue weighted by Gasteiger charge is -2.56. The van der Waals surface area contributed by atoms with Gasteiger partial charge in [-0.3, -0.25) is 0 Å². The standard InChI is InChI=1S/C20H20N2S2/c21-10-17(6-13-1-2-23-11-13)19-22-18(12-24-19)20-7-14-3-15(8-20)5-16(4-14)9-20/h1-2,6,11-12,14-16H,3-5,7-9H2/b17-6+. The van der Waals surface area contributed by atoms with E-state index in [2.05, 4.69) is 22.9 Å². The number of hydrogen-bond acceptors (Lipinski definition) is 4. The fraction of sp³-hybridized carbons (Fsp3) is 0.500. The van der Waals surface area contributed by atoms with E-state index in [1.807, 2.05) is 11.5 Å². The molecule has 6 rings (SSSR count). The lowest BCUT2D eigenvalue weighted by Crippen LogP contribution is -2.48. The Morgan fingerprint density at radius 2 is 1.88 bits per heavy atom. The van der Waals surface area contributed by atoms with Gasteiger partial charge in [-0.25, -0.2) is 4.98 Å². The summed E-state index contributed by atoms with van der Waals surface area (Å²) < 4.78 is 0. The number of allylic oxidation sites excluding steroid dienone is 1. The summed E-state index contributed by atoms with van der Waals surface area (Å²) in [5.74, 6) is 2.79. The minimum absolute atomic E-state index is 0.326. The Morgan fingerprint density at radius 3 is 2.46 bits per heavy atom. The summed E-state index contributed by atoms with van der Waals surface area (Å²) in [5.41, 5.74) is 3.41. The van der Waals surface area contributed by atoms with Crippen molar-refractivity contribution in [3.63, 3.8) is 0 Å². The van der Waals surface area contributed by atoms with E-state index in [1.165, 1.54) is 44.2 Å². The fourth-order valence-corrected chi connectivity index (χ4v) is 7.26. The van der Waals surface area contributed by atoms with Gasteiger partial charge in [-0.1, -0.05) is 0 Å². The second-order valence-corrected chi connectivity index (χ2v) is 9.60. The molecule has 122 valence electrons. The molecule has 4 bridgehead atoms. The van der Waals surface area contributed by atoms with E-state index >= 15 is 0 Å². The molecule has 2 aromatic heterocycles. The Hall–Kier alpha value is -1.44. The van der Waals surface area contributed by atoms with E-state index in [-0.39, 0.29) is 0 Å². The minimum atomic E-state index is 0.326. The predicted molar refractivity (Wildman–Crippen MR) is 99.8 cm³/mol. The molecule has 0 saturated heterocycles. The highest BCUT2D eigenvalue weighted by atomic mass is 32.1. The van der Waals surface area contributed by atoms with Crippen LogP contribution in [0, 0.1) is 29.1 Å². The first-order valence-corrected chi connectivity index (χ1v) is 10.7. The molecule has 4 aliphatic carbocycles. The van der Waals surface area contributed by atoms with Crippen molar-refractivity contribution in [2.24, 2.45) is 17.8 Å². The van der Waals surface area contributed by atoms with Gasteiger partial charge in [0.05, 0.1) is 11.3 Å². The van der Waals surface area contributed by atoms with E-state index in [0.717, 1.165) is 28.3 Å². The van der Waals surface area contributed by atoms with E-state index in [0.29, 0.717) is 11.0 Å². The van der Waals surface area contributed by atoms with E-state index in [4.69, 9.17) is 4.98 Å². The Bertz CT molecular complexity index is 787. The molecule has 4 heteroatoms. The van der Waals surface area contributed by atoms with Crippen molar-refractivity contribution in [3.8, 4) is 6.07 Å². The van der Waals surface area contributed by atoms with E-state index < -0.39 is 0 Å². The zero-order valence-corrected chi connectivity index (χ0v) is 15.2. The third-order valence-corrected chi connectivity index (χ3v) is 7.87. The van der Waals surface area contributed by atoms with Crippen LogP contribution in [0.5, 0.6) is 0 Å². The highest BCUT2D eigenvalue weighted by molar-refractivity contribution is 7.11. The number of thiazole rings is 1. The van der Waals surface area contributed by atoms with E-state index in [9.17, 15) is 5.26 Å². The molecule has 0 spiro atoms. The van der Waals surface area contributed by atoms with Crippen molar-refractivity contribution >= 4 is 34.3 Å². The number of rotatable bonds is 3. The summed E-state index contributed by atoms with van der Waals surface area (Å²) in [6.07, 6.45) is 10.3. The van der Waals surface area contributed by atoms with Crippen LogP contribution in [0.3, 0.4) is 0 Å². The Balaban J connectivity index is 1.48. The first kappa shape index (κ1) is 14.9. The van der Waals surface area contributed by atoms with Crippen LogP contribution in [0.2, 0.25) is 0 Å². The summed E-state index contributed by atoms with van der Waals surface area (Å²) >= 11 is 3.31. The zero-order chi connectivity index (χ0) is 16.1. The number of hydrogen-bond donors (Lipinski definition) is 0. The van der Waals surface area contributed by atoms with Gasteiger partial charge >= 0.3 is 0 Å². The number of aromatic nitrogens is 1. The molecule has 2 aromatic rings. The summed E-state index contributed by atoms with van der Waals surface area (Å²) in [6.45, 7) is 0. The summed E-state index contributed by atoms with van der Waals surface area (Å²) in [5, 5.41) is 16.8. The van der Waals surface area contributed by atoms with Crippen LogP contribution in [0.1, 0.15) is 54.8 Å². The van der Waals surface area contributed by atoms with Gasteiger partial charge in [-0.05, 0) is 84.7 Å². The van der Waals surface area contributed by atoms with Crippen molar-refractivity contribution in [2.75, 3.05) is 0 Å². The first-order valence-electron chi connectivity index (χ1n) is 8.84. The molecular formula is C20H20N2S2. The third-order valence-electron chi connectivity index (χ3n) is 6.29. The maximum Gasteiger partial charge on any atom is 0.134 e. The van der Waals surface area contributed by atoms with Gasteiger partial charge in [0.2, 0.25) is 0 Å². The highest BCUT2D eigenvalue weighted by Crippen LogP contribution is 2.60. The average Bonchev–Trinajstić information content (AvgIpc) is 3.23. The molecule has 2 nitrogen and oxygen atoms in total. The number of nitriles is 1. The van der Waals surface area contributed by atoms with Gasteiger partial charge in [0.25, 0.3) is 0 Å². The van der Waals surface area contributed by atoms with Crippen molar-refractivity contribution in [3.05, 3.63) is 38.5 Å². The van der Waals surface area contributed by atoms with Crippen LogP contribution in [-0.4, -0.2) is 4.98 Å². The summed E-state index contributed by atoms with van der Waals surface area (Å²) in [6, 6.07) is 4.41. The minimum Gasteiger partial charge on any atom is -0.240 e. The van der Waals surface area contributed by atoms with Gasteiger partial charge in [-0.2, -0.15) is 16.6 Å². The van der Waals surface area contributed by atoms with Crippen LogP contribution >= 0.6 is 22.7 Å². The topological polar surface area (TPSA) is 36.7 Å². The molecule has 0 N–H and O–H groups in total. The van der Waals surface area contributed by atoms with Gasteiger partial charge < -0.3 is 0 Å². The SMILES string of the molecule is N#C/C(=C\c1ccsc1)c1nc(C23CC4CC(CC(C4)C2)C3)cs1.